The third-order valence-corrected chi connectivity index (χ3v) is 5.80. The quantitative estimate of drug-likeness (QED) is 0.450. The van der Waals surface area contributed by atoms with Crippen LogP contribution in [0.15, 0.2) is 48.5 Å². The fraction of sp³-hybridized carbons (Fsp3) is 0.400. The number of amides is 2. The first-order valence-electron chi connectivity index (χ1n) is 11.3. The molecule has 0 saturated carbocycles. The van der Waals surface area contributed by atoms with E-state index in [1.165, 1.54) is 0 Å². The number of aliphatic carboxylic acids is 1. The highest BCUT2D eigenvalue weighted by molar-refractivity contribution is 5.84. The molecule has 2 aromatic carbocycles. The van der Waals surface area contributed by atoms with Gasteiger partial charge in [0, 0.05) is 18.4 Å². The standard InChI is InChI=1S/C25H27F3N2O5/c1-2-7-15(12-22(31)30-21(23(32)33)13-25(26,27)28)29-24(34)35-14-20-18-10-5-3-8-16(18)17-9-4-6-11-19(17)20/h3-6,8-11,15,20-21H,2,7,12-14H2,1H3,(H,29,34)(H,30,31)(H,32,33)/t15-,21?/m1/s1. The number of hydrogen-bond acceptors (Lipinski definition) is 4. The van der Waals surface area contributed by atoms with E-state index in [-0.39, 0.29) is 18.9 Å². The van der Waals surface area contributed by atoms with Crippen LogP contribution in [0.2, 0.25) is 0 Å². The molecule has 3 N–H and O–H groups in total. The van der Waals surface area contributed by atoms with E-state index < -0.39 is 42.7 Å². The molecule has 2 aromatic rings. The zero-order valence-corrected chi connectivity index (χ0v) is 19.1. The maximum atomic E-state index is 12.6. The molecule has 10 heteroatoms. The molecule has 1 unspecified atom stereocenters. The molecule has 0 bridgehead atoms. The van der Waals surface area contributed by atoms with Crippen LogP contribution >= 0.6 is 0 Å². The Bertz CT molecular complexity index is 1030. The molecule has 0 spiro atoms. The minimum absolute atomic E-state index is 0.0670. The van der Waals surface area contributed by atoms with Crippen LogP contribution in [-0.2, 0) is 14.3 Å². The van der Waals surface area contributed by atoms with Gasteiger partial charge in [0.2, 0.25) is 5.91 Å². The van der Waals surface area contributed by atoms with Crippen molar-refractivity contribution in [2.24, 2.45) is 0 Å². The second-order valence-corrected chi connectivity index (χ2v) is 8.44. The number of alkyl carbamates (subject to hydrolysis) is 1. The molecule has 0 radical (unpaired) electrons. The van der Waals surface area contributed by atoms with E-state index in [9.17, 15) is 27.6 Å². The lowest BCUT2D eigenvalue weighted by molar-refractivity contribution is -0.160. The molecule has 1 aliphatic rings. The predicted molar refractivity (Wildman–Crippen MR) is 122 cm³/mol. The summed E-state index contributed by atoms with van der Waals surface area (Å²) in [6.45, 7) is 1.88. The van der Waals surface area contributed by atoms with Crippen LogP contribution in [0.1, 0.15) is 49.7 Å². The van der Waals surface area contributed by atoms with Crippen molar-refractivity contribution in [3.8, 4) is 11.1 Å². The van der Waals surface area contributed by atoms with Crippen molar-refractivity contribution in [2.45, 2.75) is 56.8 Å². The van der Waals surface area contributed by atoms with Gasteiger partial charge in [-0.1, -0.05) is 61.9 Å². The molecule has 0 fully saturated rings. The molecule has 0 aromatic heterocycles. The van der Waals surface area contributed by atoms with Crippen molar-refractivity contribution >= 4 is 18.0 Å². The molecule has 7 nitrogen and oxygen atoms in total. The summed E-state index contributed by atoms with van der Waals surface area (Å²) in [7, 11) is 0. The van der Waals surface area contributed by atoms with Crippen LogP contribution in [0.4, 0.5) is 18.0 Å². The zero-order chi connectivity index (χ0) is 25.6. The zero-order valence-electron chi connectivity index (χ0n) is 19.1. The highest BCUT2D eigenvalue weighted by Gasteiger charge is 2.36. The Morgan fingerprint density at radius 2 is 1.57 bits per heavy atom. The molecule has 188 valence electrons. The van der Waals surface area contributed by atoms with E-state index in [2.05, 4.69) is 5.32 Å². The SMILES string of the molecule is CCC[C@H](CC(=O)NC(CC(F)(F)F)C(=O)O)NC(=O)OCC1c2ccccc2-c2ccccc21. The number of carboxylic acids is 1. The van der Waals surface area contributed by atoms with E-state index >= 15 is 0 Å². The van der Waals surface area contributed by atoms with Crippen LogP contribution in [-0.4, -0.2) is 47.9 Å². The van der Waals surface area contributed by atoms with Crippen LogP contribution in [0.25, 0.3) is 11.1 Å². The van der Waals surface area contributed by atoms with Crippen molar-refractivity contribution in [1.29, 1.82) is 0 Å². The molecule has 35 heavy (non-hydrogen) atoms. The molecule has 2 atom stereocenters. The number of ether oxygens (including phenoxy) is 1. The number of carbonyl (C=O) groups is 3. The Balaban J connectivity index is 1.58. The molecule has 0 aliphatic heterocycles. The number of halogens is 3. The molecule has 3 rings (SSSR count). The van der Waals surface area contributed by atoms with Gasteiger partial charge in [-0.05, 0) is 28.7 Å². The van der Waals surface area contributed by atoms with Gasteiger partial charge in [-0.15, -0.1) is 0 Å². The summed E-state index contributed by atoms with van der Waals surface area (Å²) >= 11 is 0. The van der Waals surface area contributed by atoms with Gasteiger partial charge in [-0.2, -0.15) is 13.2 Å². The van der Waals surface area contributed by atoms with Gasteiger partial charge in [0.25, 0.3) is 0 Å². The Labute approximate surface area is 200 Å². The van der Waals surface area contributed by atoms with Crippen molar-refractivity contribution in [3.63, 3.8) is 0 Å². The van der Waals surface area contributed by atoms with Crippen molar-refractivity contribution in [2.75, 3.05) is 6.61 Å². The first-order valence-corrected chi connectivity index (χ1v) is 11.3. The van der Waals surface area contributed by atoms with Gasteiger partial charge >= 0.3 is 18.2 Å². The first kappa shape index (κ1) is 26.1. The van der Waals surface area contributed by atoms with E-state index in [4.69, 9.17) is 9.84 Å². The number of nitrogens with one attached hydrogen (secondary N) is 2. The van der Waals surface area contributed by atoms with Crippen molar-refractivity contribution < 1.29 is 37.4 Å². The van der Waals surface area contributed by atoms with Gasteiger partial charge in [-0.25, -0.2) is 9.59 Å². The summed E-state index contributed by atoms with van der Waals surface area (Å²) in [5.74, 6) is -2.84. The second kappa shape index (κ2) is 11.2. The van der Waals surface area contributed by atoms with Gasteiger partial charge in [-0.3, -0.25) is 4.79 Å². The van der Waals surface area contributed by atoms with E-state index in [1.807, 2.05) is 60.8 Å². The number of hydrogen-bond donors (Lipinski definition) is 3. The van der Waals surface area contributed by atoms with Crippen molar-refractivity contribution in [3.05, 3.63) is 59.7 Å². The summed E-state index contributed by atoms with van der Waals surface area (Å²) < 4.78 is 43.2. The number of fused-ring (bicyclic) bond motifs is 3. The highest BCUT2D eigenvalue weighted by Crippen LogP contribution is 2.44. The minimum atomic E-state index is -4.75. The van der Waals surface area contributed by atoms with Gasteiger partial charge in [0.15, 0.2) is 0 Å². The third-order valence-electron chi connectivity index (χ3n) is 5.80. The normalized spacial score (nSPS) is 14.4. The van der Waals surface area contributed by atoms with E-state index in [0.29, 0.717) is 12.8 Å². The molecular formula is C25H27F3N2O5. The molecule has 2 amide bonds. The Morgan fingerprint density at radius 3 is 2.09 bits per heavy atom. The van der Waals surface area contributed by atoms with Crippen LogP contribution < -0.4 is 10.6 Å². The lowest BCUT2D eigenvalue weighted by Gasteiger charge is -2.21. The Morgan fingerprint density at radius 1 is 1.00 bits per heavy atom. The molecular weight excluding hydrogens is 465 g/mol. The third kappa shape index (κ3) is 6.97. The number of carboxylic acid groups (broad SMARTS) is 1. The van der Waals surface area contributed by atoms with Crippen LogP contribution in [0.5, 0.6) is 0 Å². The topological polar surface area (TPSA) is 105 Å². The number of rotatable bonds is 10. The Kier molecular flexibility index (Phi) is 8.37. The number of alkyl halides is 3. The van der Waals surface area contributed by atoms with Gasteiger partial charge in [0.05, 0.1) is 6.42 Å². The minimum Gasteiger partial charge on any atom is -0.480 e. The fourth-order valence-corrected chi connectivity index (χ4v) is 4.29. The molecule has 0 heterocycles. The molecule has 0 saturated heterocycles. The van der Waals surface area contributed by atoms with Gasteiger partial charge < -0.3 is 20.5 Å². The van der Waals surface area contributed by atoms with Crippen LogP contribution in [0.3, 0.4) is 0 Å². The summed E-state index contributed by atoms with van der Waals surface area (Å²) in [5.41, 5.74) is 4.22. The monoisotopic (exact) mass is 492 g/mol. The first-order chi connectivity index (χ1) is 16.6. The lowest BCUT2D eigenvalue weighted by Crippen LogP contribution is -2.46. The van der Waals surface area contributed by atoms with E-state index in [0.717, 1.165) is 22.3 Å². The largest absolute Gasteiger partial charge is 0.480 e. The highest BCUT2D eigenvalue weighted by atomic mass is 19.4. The second-order valence-electron chi connectivity index (χ2n) is 8.44. The van der Waals surface area contributed by atoms with E-state index in [1.54, 1.807) is 0 Å². The average molecular weight is 492 g/mol. The average Bonchev–Trinajstić information content (AvgIpc) is 3.10. The summed E-state index contributed by atoms with van der Waals surface area (Å²) in [6, 6.07) is 12.9. The maximum absolute atomic E-state index is 12.6. The lowest BCUT2D eigenvalue weighted by atomic mass is 9.98. The van der Waals surface area contributed by atoms with Crippen molar-refractivity contribution in [1.82, 2.24) is 10.6 Å². The smallest absolute Gasteiger partial charge is 0.407 e. The Hall–Kier alpha value is -3.56. The summed E-state index contributed by atoms with van der Waals surface area (Å²) in [6.07, 6.45) is -6.64. The predicted octanol–water partition coefficient (Wildman–Crippen LogP) is 4.61. The summed E-state index contributed by atoms with van der Waals surface area (Å²) in [4.78, 5) is 35.8. The summed E-state index contributed by atoms with van der Waals surface area (Å²) in [5, 5.41) is 13.4. The maximum Gasteiger partial charge on any atom is 0.407 e. The number of benzene rings is 2. The molecule has 1 aliphatic carbocycles. The number of carbonyl (C=O) groups excluding carboxylic acids is 2. The van der Waals surface area contributed by atoms with Crippen LogP contribution in [0, 0.1) is 0 Å². The van der Waals surface area contributed by atoms with Gasteiger partial charge in [0.1, 0.15) is 12.6 Å². The fourth-order valence-electron chi connectivity index (χ4n) is 4.29.